The lowest BCUT2D eigenvalue weighted by atomic mass is 10.1. The minimum absolute atomic E-state index is 0.760. The number of hydrogen-bond acceptors (Lipinski definition) is 2. The highest BCUT2D eigenvalue weighted by Gasteiger charge is 2.38. The van der Waals surface area contributed by atoms with Gasteiger partial charge in [-0.15, -0.1) is 0 Å². The zero-order valence-electron chi connectivity index (χ0n) is 18.6. The van der Waals surface area contributed by atoms with Gasteiger partial charge in [0.2, 0.25) is 0 Å². The molecule has 3 heteroatoms. The van der Waals surface area contributed by atoms with Crippen LogP contribution in [-0.4, -0.2) is 22.3 Å². The first-order valence-corrected chi connectivity index (χ1v) is 13.5. The van der Waals surface area contributed by atoms with E-state index in [1.807, 2.05) is 60.7 Å². The lowest BCUT2D eigenvalue weighted by Crippen LogP contribution is -2.40. The molecule has 1 fully saturated rings. The number of para-hydroxylation sites is 2. The quantitative estimate of drug-likeness (QED) is 0.476. The molecule has 2 aromatic rings. The van der Waals surface area contributed by atoms with Gasteiger partial charge >= 0.3 is 0 Å². The standard InChI is InChI=1S/C11H24Si.2C7H8O/c1-4-11-9-7-8-10-12(11,5-2)6-3;2*1-8-7-5-3-2-4-6-7/h11H,4-10H2,1-3H3;2*2-6H,1H3. The van der Waals surface area contributed by atoms with Crippen molar-refractivity contribution in [3.8, 4) is 11.5 Å². The molecule has 1 unspecified atom stereocenters. The van der Waals surface area contributed by atoms with Gasteiger partial charge in [-0.2, -0.15) is 0 Å². The first kappa shape index (κ1) is 24.3. The molecular formula is C25H40O2Si. The van der Waals surface area contributed by atoms with Crippen molar-refractivity contribution in [2.45, 2.75) is 70.1 Å². The van der Waals surface area contributed by atoms with Crippen molar-refractivity contribution < 1.29 is 9.47 Å². The zero-order valence-corrected chi connectivity index (χ0v) is 19.6. The second kappa shape index (κ2) is 14.3. The van der Waals surface area contributed by atoms with Crippen LogP contribution in [0.15, 0.2) is 60.7 Å². The number of rotatable bonds is 5. The number of hydrogen-bond donors (Lipinski definition) is 0. The minimum atomic E-state index is -0.760. The van der Waals surface area contributed by atoms with Gasteiger partial charge in [0, 0.05) is 0 Å². The van der Waals surface area contributed by atoms with Crippen LogP contribution >= 0.6 is 0 Å². The number of benzene rings is 2. The van der Waals surface area contributed by atoms with Crippen LogP contribution in [0.1, 0.15) is 46.5 Å². The van der Waals surface area contributed by atoms with Crippen LogP contribution in [0.25, 0.3) is 0 Å². The highest BCUT2D eigenvalue weighted by Crippen LogP contribution is 2.44. The molecule has 0 spiro atoms. The minimum Gasteiger partial charge on any atom is -0.497 e. The van der Waals surface area contributed by atoms with E-state index in [0.717, 1.165) is 11.5 Å². The molecule has 3 rings (SSSR count). The van der Waals surface area contributed by atoms with Gasteiger partial charge in [0.25, 0.3) is 0 Å². The highest BCUT2D eigenvalue weighted by molar-refractivity contribution is 6.81. The van der Waals surface area contributed by atoms with E-state index < -0.39 is 8.07 Å². The molecule has 1 heterocycles. The van der Waals surface area contributed by atoms with Crippen molar-refractivity contribution in [2.75, 3.05) is 14.2 Å². The fourth-order valence-electron chi connectivity index (χ4n) is 4.31. The van der Waals surface area contributed by atoms with Crippen LogP contribution in [0.3, 0.4) is 0 Å². The lowest BCUT2D eigenvalue weighted by Gasteiger charge is -2.41. The summed E-state index contributed by atoms with van der Waals surface area (Å²) in [7, 11) is 2.56. The topological polar surface area (TPSA) is 18.5 Å². The average Bonchev–Trinajstić information content (AvgIpc) is 2.80. The van der Waals surface area contributed by atoms with Gasteiger partial charge in [-0.05, 0) is 29.8 Å². The molecule has 0 aromatic heterocycles. The van der Waals surface area contributed by atoms with Gasteiger partial charge in [0.15, 0.2) is 0 Å². The van der Waals surface area contributed by atoms with E-state index in [9.17, 15) is 0 Å². The molecule has 156 valence electrons. The van der Waals surface area contributed by atoms with Crippen molar-refractivity contribution in [1.29, 1.82) is 0 Å². The van der Waals surface area contributed by atoms with Crippen LogP contribution in [0.5, 0.6) is 11.5 Å². The summed E-state index contributed by atoms with van der Waals surface area (Å²) in [5, 5.41) is 0. The maximum Gasteiger partial charge on any atom is 0.118 e. The normalized spacial score (nSPS) is 17.2. The Balaban J connectivity index is 0.000000217. The average molecular weight is 401 g/mol. The van der Waals surface area contributed by atoms with Gasteiger partial charge in [-0.3, -0.25) is 0 Å². The Morgan fingerprint density at radius 1 is 0.750 bits per heavy atom. The number of methoxy groups -OCH3 is 2. The second-order valence-corrected chi connectivity index (χ2v) is 12.9. The van der Waals surface area contributed by atoms with Crippen molar-refractivity contribution in [2.24, 2.45) is 0 Å². The van der Waals surface area contributed by atoms with Crippen LogP contribution < -0.4 is 9.47 Å². The largest absolute Gasteiger partial charge is 0.497 e. The first-order valence-electron chi connectivity index (χ1n) is 10.8. The fraction of sp³-hybridized carbons (Fsp3) is 0.520. The molecule has 2 aromatic carbocycles. The smallest absolute Gasteiger partial charge is 0.118 e. The van der Waals surface area contributed by atoms with Crippen LogP contribution in [-0.2, 0) is 0 Å². The summed E-state index contributed by atoms with van der Waals surface area (Å²) in [6.45, 7) is 7.30. The van der Waals surface area contributed by atoms with Gasteiger partial charge in [-0.1, -0.05) is 101 Å². The molecular weight excluding hydrogens is 360 g/mol. The van der Waals surface area contributed by atoms with Crippen molar-refractivity contribution in [3.63, 3.8) is 0 Å². The molecule has 0 aliphatic carbocycles. The molecule has 1 aliphatic heterocycles. The predicted octanol–water partition coefficient (Wildman–Crippen LogP) is 7.83. The predicted molar refractivity (Wildman–Crippen MR) is 125 cm³/mol. The Morgan fingerprint density at radius 2 is 1.21 bits per heavy atom. The molecule has 0 N–H and O–H groups in total. The van der Waals surface area contributed by atoms with E-state index in [1.165, 1.54) is 18.4 Å². The van der Waals surface area contributed by atoms with Gasteiger partial charge in [-0.25, -0.2) is 0 Å². The molecule has 1 saturated heterocycles. The summed E-state index contributed by atoms with van der Waals surface area (Å²) >= 11 is 0. The van der Waals surface area contributed by atoms with Crippen molar-refractivity contribution in [3.05, 3.63) is 60.7 Å². The summed E-state index contributed by atoms with van der Waals surface area (Å²) in [5.74, 6) is 1.82. The Bertz CT molecular complexity index is 557. The van der Waals surface area contributed by atoms with E-state index in [1.54, 1.807) is 45.2 Å². The zero-order chi connectivity index (χ0) is 20.7. The molecule has 0 amide bonds. The van der Waals surface area contributed by atoms with E-state index in [4.69, 9.17) is 9.47 Å². The maximum atomic E-state index is 4.91. The second-order valence-electron chi connectivity index (χ2n) is 7.45. The third-order valence-electron chi connectivity index (χ3n) is 6.20. The molecule has 0 bridgehead atoms. The van der Waals surface area contributed by atoms with Crippen LogP contribution in [0, 0.1) is 0 Å². The molecule has 2 nitrogen and oxygen atoms in total. The Hall–Kier alpha value is -1.74. The summed E-state index contributed by atoms with van der Waals surface area (Å²) in [6, 6.07) is 24.1. The van der Waals surface area contributed by atoms with E-state index in [2.05, 4.69) is 20.8 Å². The summed E-state index contributed by atoms with van der Waals surface area (Å²) in [5.41, 5.74) is 1.17. The third kappa shape index (κ3) is 8.10. The van der Waals surface area contributed by atoms with E-state index in [0.29, 0.717) is 0 Å². The summed E-state index contributed by atoms with van der Waals surface area (Å²) < 4.78 is 9.83. The first-order chi connectivity index (χ1) is 13.7. The Labute approximate surface area is 174 Å². The van der Waals surface area contributed by atoms with Crippen molar-refractivity contribution in [1.82, 2.24) is 0 Å². The number of ether oxygens (including phenoxy) is 2. The van der Waals surface area contributed by atoms with Crippen LogP contribution in [0.2, 0.25) is 23.7 Å². The fourth-order valence-corrected chi connectivity index (χ4v) is 9.72. The molecule has 1 aliphatic rings. The van der Waals surface area contributed by atoms with Crippen molar-refractivity contribution >= 4 is 8.07 Å². The van der Waals surface area contributed by atoms with Gasteiger partial charge in [0.05, 0.1) is 22.3 Å². The Kier molecular flexibility index (Phi) is 12.4. The molecule has 28 heavy (non-hydrogen) atoms. The molecule has 0 radical (unpaired) electrons. The summed E-state index contributed by atoms with van der Waals surface area (Å²) in [6.07, 6.45) is 6.09. The monoisotopic (exact) mass is 400 g/mol. The van der Waals surface area contributed by atoms with Gasteiger partial charge in [0.1, 0.15) is 11.5 Å². The Morgan fingerprint density at radius 3 is 1.50 bits per heavy atom. The SMILES string of the molecule is CCC1CCCC[Si]1(CC)CC.COc1ccccc1.COc1ccccc1. The van der Waals surface area contributed by atoms with E-state index in [-0.39, 0.29) is 0 Å². The van der Waals surface area contributed by atoms with Crippen LogP contribution in [0.4, 0.5) is 0 Å². The molecule has 0 saturated carbocycles. The van der Waals surface area contributed by atoms with E-state index >= 15 is 0 Å². The highest BCUT2D eigenvalue weighted by atomic mass is 28.3. The molecule has 1 atom stereocenters. The maximum absolute atomic E-state index is 4.91. The lowest BCUT2D eigenvalue weighted by molar-refractivity contribution is 0.414. The summed E-state index contributed by atoms with van der Waals surface area (Å²) in [4.78, 5) is 0. The van der Waals surface area contributed by atoms with Gasteiger partial charge < -0.3 is 9.47 Å². The third-order valence-corrected chi connectivity index (χ3v) is 12.8.